The number of aromatic nitrogens is 1. The van der Waals surface area contributed by atoms with Crippen molar-refractivity contribution >= 4 is 29.6 Å². The number of rotatable bonds is 16. The van der Waals surface area contributed by atoms with E-state index in [1.165, 1.54) is 0 Å². The van der Waals surface area contributed by atoms with Crippen LogP contribution in [0.5, 0.6) is 0 Å². The molecule has 262 valence electrons. The van der Waals surface area contributed by atoms with Crippen LogP contribution in [-0.2, 0) is 28.7 Å². The molecule has 2 heterocycles. The van der Waals surface area contributed by atoms with Crippen LogP contribution in [0.4, 0.5) is 0 Å². The van der Waals surface area contributed by atoms with Gasteiger partial charge in [0.05, 0.1) is 17.9 Å². The second-order valence-electron chi connectivity index (χ2n) is 13.7. The molecular formula is C34H54N6O7. The molecule has 47 heavy (non-hydrogen) atoms. The van der Waals surface area contributed by atoms with E-state index in [2.05, 4.69) is 26.3 Å². The molecule has 1 saturated heterocycles. The number of amides is 4. The molecule has 1 unspecified atom stereocenters. The van der Waals surface area contributed by atoms with Crippen LogP contribution in [0.25, 0.3) is 0 Å². The first-order valence-corrected chi connectivity index (χ1v) is 17.0. The highest BCUT2D eigenvalue weighted by Crippen LogP contribution is 2.38. The molecule has 3 rings (SSSR count). The van der Waals surface area contributed by atoms with E-state index in [0.717, 1.165) is 18.4 Å². The van der Waals surface area contributed by atoms with Gasteiger partial charge in [0.2, 0.25) is 23.6 Å². The lowest BCUT2D eigenvalue weighted by atomic mass is 9.86. The van der Waals surface area contributed by atoms with Gasteiger partial charge in [-0.05, 0) is 84.4 Å². The number of hydrogen-bond donors (Lipinski definition) is 5. The zero-order chi connectivity index (χ0) is 34.4. The normalized spacial score (nSPS) is 23.0. The van der Waals surface area contributed by atoms with Crippen molar-refractivity contribution in [2.75, 3.05) is 26.7 Å². The molecule has 0 spiro atoms. The highest BCUT2D eigenvalue weighted by Gasteiger charge is 2.43. The fourth-order valence-corrected chi connectivity index (χ4v) is 6.14. The van der Waals surface area contributed by atoms with E-state index in [9.17, 15) is 29.1 Å². The molecule has 3 atom stereocenters. The van der Waals surface area contributed by atoms with Crippen LogP contribution >= 0.6 is 0 Å². The standard InChI is InChI=1S/C34H54N6O7/c1-34(2,3)47-33(46)23-13-15-25(16-14-23)39-29(43)11-5-10-27(41)36-18-7-12-28(42)37-19-8-20-38-32(45)26-21-30(44)40(4)31(26)24-9-6-17-35-22-24/h6,9,17,22-23,25-26,30-31,44H,5,7-8,10-16,18-21H2,1-4H3,(H,36,41)(H,37,42)(H,38,45)(H,39,43)/t23?,25?,26-,30?,31+/m0/s1. The van der Waals surface area contributed by atoms with Crippen LogP contribution in [0.15, 0.2) is 24.5 Å². The number of nitrogens with one attached hydrogen (secondary N) is 4. The molecule has 1 aromatic heterocycles. The second-order valence-corrected chi connectivity index (χ2v) is 13.7. The average Bonchev–Trinajstić information content (AvgIpc) is 3.32. The maximum Gasteiger partial charge on any atom is 0.309 e. The lowest BCUT2D eigenvalue weighted by Crippen LogP contribution is -2.39. The molecule has 2 aliphatic rings. The van der Waals surface area contributed by atoms with Crippen LogP contribution in [0.3, 0.4) is 0 Å². The highest BCUT2D eigenvalue weighted by atomic mass is 16.6. The number of pyridine rings is 1. The maximum absolute atomic E-state index is 12.9. The van der Waals surface area contributed by atoms with E-state index in [1.54, 1.807) is 24.3 Å². The Morgan fingerprint density at radius 1 is 0.894 bits per heavy atom. The molecule has 1 aromatic rings. The second kappa shape index (κ2) is 18.7. The van der Waals surface area contributed by atoms with Gasteiger partial charge in [-0.2, -0.15) is 0 Å². The van der Waals surface area contributed by atoms with Crippen molar-refractivity contribution in [3.05, 3.63) is 30.1 Å². The number of esters is 1. The molecule has 13 heteroatoms. The van der Waals surface area contributed by atoms with Crippen molar-refractivity contribution in [3.8, 4) is 0 Å². The molecule has 4 amide bonds. The van der Waals surface area contributed by atoms with Crippen LogP contribution < -0.4 is 21.3 Å². The van der Waals surface area contributed by atoms with Crippen molar-refractivity contribution in [2.45, 2.75) is 115 Å². The summed E-state index contributed by atoms with van der Waals surface area (Å²) in [6.07, 6.45) is 8.12. The predicted octanol–water partition coefficient (Wildman–Crippen LogP) is 2.10. The topological polar surface area (TPSA) is 179 Å². The number of aliphatic hydroxyl groups excluding tert-OH is 1. The molecule has 1 aliphatic heterocycles. The van der Waals surface area contributed by atoms with Crippen LogP contribution in [0.2, 0.25) is 0 Å². The zero-order valence-electron chi connectivity index (χ0n) is 28.4. The summed E-state index contributed by atoms with van der Waals surface area (Å²) in [4.78, 5) is 67.7. The fourth-order valence-electron chi connectivity index (χ4n) is 6.14. The minimum atomic E-state index is -0.706. The monoisotopic (exact) mass is 658 g/mol. The Morgan fingerprint density at radius 2 is 1.51 bits per heavy atom. The summed E-state index contributed by atoms with van der Waals surface area (Å²) in [5.41, 5.74) is 0.379. The predicted molar refractivity (Wildman–Crippen MR) is 175 cm³/mol. The third kappa shape index (κ3) is 13.2. The highest BCUT2D eigenvalue weighted by molar-refractivity contribution is 5.80. The van der Waals surface area contributed by atoms with Gasteiger partial charge in [-0.15, -0.1) is 0 Å². The quantitative estimate of drug-likeness (QED) is 0.131. The van der Waals surface area contributed by atoms with E-state index in [-0.39, 0.29) is 66.9 Å². The van der Waals surface area contributed by atoms with Gasteiger partial charge < -0.3 is 31.1 Å². The minimum absolute atomic E-state index is 0.0414. The Kier molecular flexibility index (Phi) is 15.1. The first-order chi connectivity index (χ1) is 22.3. The van der Waals surface area contributed by atoms with Gasteiger partial charge in [-0.1, -0.05) is 6.07 Å². The summed E-state index contributed by atoms with van der Waals surface area (Å²) in [7, 11) is 1.79. The number of hydrogen-bond acceptors (Lipinski definition) is 9. The number of carbonyl (C=O) groups is 5. The number of ether oxygens (including phenoxy) is 1. The third-order valence-corrected chi connectivity index (χ3v) is 8.64. The molecule has 13 nitrogen and oxygen atoms in total. The molecule has 2 fully saturated rings. The first-order valence-electron chi connectivity index (χ1n) is 17.0. The fraction of sp³-hybridized carbons (Fsp3) is 0.706. The smallest absolute Gasteiger partial charge is 0.309 e. The molecule has 0 bridgehead atoms. The largest absolute Gasteiger partial charge is 0.460 e. The minimum Gasteiger partial charge on any atom is -0.460 e. The van der Waals surface area contributed by atoms with Crippen molar-refractivity contribution in [3.63, 3.8) is 0 Å². The third-order valence-electron chi connectivity index (χ3n) is 8.64. The molecular weight excluding hydrogens is 604 g/mol. The average molecular weight is 659 g/mol. The Balaban J connectivity index is 1.17. The van der Waals surface area contributed by atoms with Crippen molar-refractivity contribution < 1.29 is 33.8 Å². The summed E-state index contributed by atoms with van der Waals surface area (Å²) < 4.78 is 5.47. The van der Waals surface area contributed by atoms with Gasteiger partial charge in [0, 0.05) is 63.8 Å². The van der Waals surface area contributed by atoms with Crippen LogP contribution in [0.1, 0.15) is 103 Å². The number of carbonyl (C=O) groups excluding carboxylic acids is 5. The van der Waals surface area contributed by atoms with E-state index < -0.39 is 17.7 Å². The lowest BCUT2D eigenvalue weighted by Gasteiger charge is -2.30. The van der Waals surface area contributed by atoms with Crippen LogP contribution in [0, 0.1) is 11.8 Å². The van der Waals surface area contributed by atoms with Gasteiger partial charge in [-0.3, -0.25) is 33.9 Å². The van der Waals surface area contributed by atoms with Gasteiger partial charge >= 0.3 is 5.97 Å². The molecule has 0 radical (unpaired) electrons. The molecule has 1 aliphatic carbocycles. The number of likely N-dealkylation sites (tertiary alicyclic amines) is 1. The van der Waals surface area contributed by atoms with Crippen molar-refractivity contribution in [2.24, 2.45) is 11.8 Å². The number of nitrogens with zero attached hydrogens (tertiary/aromatic N) is 2. The number of aliphatic hydroxyl groups is 1. The maximum atomic E-state index is 12.9. The summed E-state index contributed by atoms with van der Waals surface area (Å²) in [5.74, 6) is -1.19. The van der Waals surface area contributed by atoms with Crippen molar-refractivity contribution in [1.29, 1.82) is 0 Å². The summed E-state index contributed by atoms with van der Waals surface area (Å²) in [6.45, 7) is 6.76. The zero-order valence-corrected chi connectivity index (χ0v) is 28.4. The Labute approximate surface area is 278 Å². The van der Waals surface area contributed by atoms with Gasteiger partial charge in [0.15, 0.2) is 0 Å². The Bertz CT molecular complexity index is 1180. The molecule has 0 aromatic carbocycles. The van der Waals surface area contributed by atoms with Crippen molar-refractivity contribution in [1.82, 2.24) is 31.2 Å². The first kappa shape index (κ1) is 37.9. The van der Waals surface area contributed by atoms with E-state index in [1.807, 2.05) is 32.9 Å². The molecule has 5 N–H and O–H groups in total. The molecule has 1 saturated carbocycles. The lowest BCUT2D eigenvalue weighted by molar-refractivity contribution is -0.161. The summed E-state index contributed by atoms with van der Waals surface area (Å²) >= 11 is 0. The SMILES string of the molecule is CN1C(O)C[C@H](C(=O)NCCCNC(=O)CCCNC(=O)CCCC(=O)NC2CCC(C(=O)OC(C)(C)C)CC2)[C@H]1c1cccnc1. The van der Waals surface area contributed by atoms with E-state index in [4.69, 9.17) is 4.74 Å². The van der Waals surface area contributed by atoms with Crippen LogP contribution in [-0.4, -0.2) is 89.1 Å². The van der Waals surface area contributed by atoms with Gasteiger partial charge in [0.25, 0.3) is 0 Å². The Hall–Kier alpha value is -3.58. The van der Waals surface area contributed by atoms with E-state index in [0.29, 0.717) is 58.2 Å². The van der Waals surface area contributed by atoms with Gasteiger partial charge in [-0.25, -0.2) is 0 Å². The summed E-state index contributed by atoms with van der Waals surface area (Å²) in [5, 5.41) is 21.9. The van der Waals surface area contributed by atoms with Gasteiger partial charge in [0.1, 0.15) is 11.8 Å². The van der Waals surface area contributed by atoms with E-state index >= 15 is 0 Å². The summed E-state index contributed by atoms with van der Waals surface area (Å²) in [6, 6.07) is 3.50. The Morgan fingerprint density at radius 3 is 2.15 bits per heavy atom.